The molecule has 0 aliphatic heterocycles. The number of nitrogens with zero attached hydrogens (tertiary/aromatic N) is 1. The van der Waals surface area contributed by atoms with Crippen LogP contribution in [-0.4, -0.2) is 9.97 Å². The van der Waals surface area contributed by atoms with Gasteiger partial charge in [-0.2, -0.15) is 0 Å². The molecule has 0 spiro atoms. The predicted octanol–water partition coefficient (Wildman–Crippen LogP) is 2.67. The van der Waals surface area contributed by atoms with E-state index in [0.717, 1.165) is 12.5 Å². The number of H-pyrrole nitrogens is 1. The lowest BCUT2D eigenvalue weighted by Gasteiger charge is -2.07. The van der Waals surface area contributed by atoms with Crippen LogP contribution in [0.15, 0.2) is 29.3 Å². The summed E-state index contributed by atoms with van der Waals surface area (Å²) in [6, 6.07) is 3.84. The summed E-state index contributed by atoms with van der Waals surface area (Å²) in [5.74, 6) is -1.93. The van der Waals surface area contributed by atoms with Crippen LogP contribution in [0, 0.1) is 11.6 Å². The molecular weight excluding hydrogens is 238 g/mol. The molecule has 18 heavy (non-hydrogen) atoms. The van der Waals surface area contributed by atoms with Crippen molar-refractivity contribution in [1.29, 1.82) is 0 Å². The monoisotopic (exact) mass is 250 g/mol. The lowest BCUT2D eigenvalue weighted by atomic mass is 10.0. The van der Waals surface area contributed by atoms with Gasteiger partial charge >= 0.3 is 0 Å². The number of nitrogens with one attached hydrogen (secondary N) is 1. The van der Waals surface area contributed by atoms with Crippen molar-refractivity contribution in [3.63, 3.8) is 0 Å². The molecule has 0 amide bonds. The van der Waals surface area contributed by atoms with Crippen LogP contribution in [0.25, 0.3) is 11.3 Å². The molecule has 94 valence electrons. The molecule has 0 saturated heterocycles. The van der Waals surface area contributed by atoms with E-state index in [4.69, 9.17) is 0 Å². The molecule has 0 aliphatic carbocycles. The quantitative estimate of drug-likeness (QED) is 0.910. The maximum atomic E-state index is 13.7. The summed E-state index contributed by atoms with van der Waals surface area (Å²) >= 11 is 0. The second-order valence-corrected chi connectivity index (χ2v) is 3.91. The Morgan fingerprint density at radius 2 is 2.11 bits per heavy atom. The van der Waals surface area contributed by atoms with Crippen LogP contribution in [0.4, 0.5) is 8.78 Å². The zero-order valence-corrected chi connectivity index (χ0v) is 9.84. The van der Waals surface area contributed by atoms with Crippen LogP contribution >= 0.6 is 0 Å². The minimum atomic E-state index is -0.979. The first-order valence-electron chi connectivity index (χ1n) is 5.66. The molecular formula is C13H12F2N2O. The normalized spacial score (nSPS) is 10.6. The van der Waals surface area contributed by atoms with Crippen molar-refractivity contribution < 1.29 is 8.78 Å². The minimum absolute atomic E-state index is 0.0181. The van der Waals surface area contributed by atoms with Gasteiger partial charge in [0.05, 0.1) is 12.0 Å². The van der Waals surface area contributed by atoms with E-state index in [2.05, 4.69) is 9.97 Å². The summed E-state index contributed by atoms with van der Waals surface area (Å²) in [6.07, 6.45) is 2.38. The van der Waals surface area contributed by atoms with Crippen molar-refractivity contribution >= 4 is 0 Å². The molecule has 1 aromatic carbocycles. The standard InChI is InChI=1S/C13H12F2N2O/c1-2-4-9-12(16-7-17-13(9)18)8-5-3-6-10(14)11(8)15/h3,5-7H,2,4H2,1H3,(H,16,17,18). The summed E-state index contributed by atoms with van der Waals surface area (Å²) in [5, 5.41) is 0. The van der Waals surface area contributed by atoms with Gasteiger partial charge in [0.2, 0.25) is 0 Å². The highest BCUT2D eigenvalue weighted by Gasteiger charge is 2.16. The Kier molecular flexibility index (Phi) is 3.50. The van der Waals surface area contributed by atoms with Gasteiger partial charge in [-0.05, 0) is 18.6 Å². The average Bonchev–Trinajstić information content (AvgIpc) is 2.36. The van der Waals surface area contributed by atoms with Crippen molar-refractivity contribution in [1.82, 2.24) is 9.97 Å². The van der Waals surface area contributed by atoms with Crippen molar-refractivity contribution in [2.75, 3.05) is 0 Å². The molecule has 1 heterocycles. The van der Waals surface area contributed by atoms with E-state index >= 15 is 0 Å². The molecule has 0 atom stereocenters. The summed E-state index contributed by atoms with van der Waals surface area (Å²) in [4.78, 5) is 18.1. The smallest absolute Gasteiger partial charge is 0.254 e. The average molecular weight is 250 g/mol. The lowest BCUT2D eigenvalue weighted by Crippen LogP contribution is -2.15. The van der Waals surface area contributed by atoms with Crippen molar-refractivity contribution in [2.24, 2.45) is 0 Å². The molecule has 1 aromatic heterocycles. The van der Waals surface area contributed by atoms with Gasteiger partial charge in [-0.1, -0.05) is 19.4 Å². The van der Waals surface area contributed by atoms with Crippen LogP contribution in [0.2, 0.25) is 0 Å². The van der Waals surface area contributed by atoms with E-state index in [9.17, 15) is 13.6 Å². The first kappa shape index (κ1) is 12.4. The number of hydrogen-bond donors (Lipinski definition) is 1. The van der Waals surface area contributed by atoms with E-state index in [0.29, 0.717) is 12.0 Å². The fourth-order valence-electron chi connectivity index (χ4n) is 1.83. The maximum absolute atomic E-state index is 13.7. The van der Waals surface area contributed by atoms with Crippen LogP contribution in [0.1, 0.15) is 18.9 Å². The van der Waals surface area contributed by atoms with Crippen LogP contribution < -0.4 is 5.56 Å². The Labute approximate surface area is 103 Å². The molecule has 1 N–H and O–H groups in total. The molecule has 0 bridgehead atoms. The van der Waals surface area contributed by atoms with E-state index in [1.807, 2.05) is 6.92 Å². The van der Waals surface area contributed by atoms with Crippen molar-refractivity contribution in [3.05, 3.63) is 52.1 Å². The summed E-state index contributed by atoms with van der Waals surface area (Å²) in [6.45, 7) is 1.90. The van der Waals surface area contributed by atoms with Crippen molar-refractivity contribution in [3.8, 4) is 11.3 Å². The van der Waals surface area contributed by atoms with Gasteiger partial charge in [-0.3, -0.25) is 4.79 Å². The van der Waals surface area contributed by atoms with Gasteiger partial charge in [0.15, 0.2) is 11.6 Å². The van der Waals surface area contributed by atoms with Gasteiger partial charge in [-0.15, -0.1) is 0 Å². The van der Waals surface area contributed by atoms with Crippen LogP contribution in [0.3, 0.4) is 0 Å². The highest BCUT2D eigenvalue weighted by molar-refractivity contribution is 5.63. The van der Waals surface area contributed by atoms with E-state index in [-0.39, 0.29) is 16.8 Å². The highest BCUT2D eigenvalue weighted by atomic mass is 19.2. The van der Waals surface area contributed by atoms with Crippen LogP contribution in [-0.2, 0) is 6.42 Å². The van der Waals surface area contributed by atoms with Crippen LogP contribution in [0.5, 0.6) is 0 Å². The van der Waals surface area contributed by atoms with E-state index in [1.54, 1.807) is 0 Å². The van der Waals surface area contributed by atoms with Gasteiger partial charge in [0.25, 0.3) is 5.56 Å². The number of rotatable bonds is 3. The number of hydrogen-bond acceptors (Lipinski definition) is 2. The second-order valence-electron chi connectivity index (χ2n) is 3.91. The SMILES string of the molecule is CCCc1c(-c2cccc(F)c2F)nc[nH]c1=O. The number of benzene rings is 1. The highest BCUT2D eigenvalue weighted by Crippen LogP contribution is 2.24. The largest absolute Gasteiger partial charge is 0.313 e. The first-order chi connectivity index (χ1) is 8.65. The minimum Gasteiger partial charge on any atom is -0.313 e. The second kappa shape index (κ2) is 5.08. The Bertz CT molecular complexity index is 623. The third kappa shape index (κ3) is 2.16. The molecule has 2 rings (SSSR count). The van der Waals surface area contributed by atoms with Gasteiger partial charge in [0, 0.05) is 11.1 Å². The Morgan fingerprint density at radius 3 is 2.83 bits per heavy atom. The molecule has 0 unspecified atom stereocenters. The fourth-order valence-corrected chi connectivity index (χ4v) is 1.83. The third-order valence-corrected chi connectivity index (χ3v) is 2.66. The molecule has 5 heteroatoms. The number of halogens is 2. The lowest BCUT2D eigenvalue weighted by molar-refractivity contribution is 0.510. The van der Waals surface area contributed by atoms with Gasteiger partial charge in [-0.25, -0.2) is 13.8 Å². The number of aromatic amines is 1. The zero-order chi connectivity index (χ0) is 13.1. The fraction of sp³-hybridized carbons (Fsp3) is 0.231. The maximum Gasteiger partial charge on any atom is 0.254 e. The molecule has 0 saturated carbocycles. The Balaban J connectivity index is 2.67. The van der Waals surface area contributed by atoms with E-state index < -0.39 is 11.6 Å². The van der Waals surface area contributed by atoms with Crippen molar-refractivity contribution in [2.45, 2.75) is 19.8 Å². The predicted molar refractivity (Wildman–Crippen MR) is 64.2 cm³/mol. The third-order valence-electron chi connectivity index (χ3n) is 2.66. The topological polar surface area (TPSA) is 45.8 Å². The Morgan fingerprint density at radius 1 is 1.33 bits per heavy atom. The first-order valence-corrected chi connectivity index (χ1v) is 5.66. The molecule has 3 nitrogen and oxygen atoms in total. The number of aromatic nitrogens is 2. The Hall–Kier alpha value is -2.04. The van der Waals surface area contributed by atoms with Gasteiger partial charge in [0.1, 0.15) is 0 Å². The molecule has 0 aliphatic rings. The molecule has 0 radical (unpaired) electrons. The zero-order valence-electron chi connectivity index (χ0n) is 9.84. The summed E-state index contributed by atoms with van der Waals surface area (Å²) in [7, 11) is 0. The summed E-state index contributed by atoms with van der Waals surface area (Å²) < 4.78 is 26.9. The van der Waals surface area contributed by atoms with Gasteiger partial charge < -0.3 is 4.98 Å². The molecule has 2 aromatic rings. The summed E-state index contributed by atoms with van der Waals surface area (Å²) in [5.41, 5.74) is 0.289. The molecule has 0 fully saturated rings. The van der Waals surface area contributed by atoms with E-state index in [1.165, 1.54) is 18.5 Å².